The molecule has 0 radical (unpaired) electrons. The summed E-state index contributed by atoms with van der Waals surface area (Å²) in [4.78, 5) is 15.7. The lowest BCUT2D eigenvalue weighted by atomic mass is 10.1. The van der Waals surface area contributed by atoms with Crippen molar-refractivity contribution < 1.29 is 36.2 Å². The molecule has 13 heteroatoms. The number of aromatic nitrogens is 3. The van der Waals surface area contributed by atoms with Crippen LogP contribution in [-0.4, -0.2) is 47.1 Å². The van der Waals surface area contributed by atoms with Gasteiger partial charge in [-0.3, -0.25) is 4.31 Å². The fourth-order valence-electron chi connectivity index (χ4n) is 4.63. The van der Waals surface area contributed by atoms with Crippen molar-refractivity contribution in [2.45, 2.75) is 26.1 Å². The van der Waals surface area contributed by atoms with Crippen molar-refractivity contribution in [2.75, 3.05) is 17.1 Å². The van der Waals surface area contributed by atoms with E-state index in [0.717, 1.165) is 16.7 Å². The van der Waals surface area contributed by atoms with E-state index in [-0.39, 0.29) is 12.4 Å². The number of carbonyl (C=O) groups is 1. The third-order valence-corrected chi connectivity index (χ3v) is 7.60. The van der Waals surface area contributed by atoms with E-state index in [1.165, 1.54) is 22.7 Å². The van der Waals surface area contributed by atoms with Crippen LogP contribution in [-0.2, 0) is 29.2 Å². The van der Waals surface area contributed by atoms with E-state index < -0.39 is 33.4 Å². The van der Waals surface area contributed by atoms with Crippen LogP contribution in [0.5, 0.6) is 5.75 Å². The number of hydrogen-bond acceptors (Lipinski definition) is 6. The largest absolute Gasteiger partial charge is 0.488 e. The Morgan fingerprint density at radius 2 is 1.90 bits per heavy atom. The van der Waals surface area contributed by atoms with Gasteiger partial charge in [0.2, 0.25) is 10.0 Å². The van der Waals surface area contributed by atoms with Crippen LogP contribution in [0.25, 0.3) is 17.1 Å². The van der Waals surface area contributed by atoms with Gasteiger partial charge in [0.1, 0.15) is 17.9 Å². The van der Waals surface area contributed by atoms with Crippen molar-refractivity contribution in [3.63, 3.8) is 0 Å². The van der Waals surface area contributed by atoms with Crippen molar-refractivity contribution in [1.29, 1.82) is 0 Å². The number of aromatic carboxylic acids is 1. The van der Waals surface area contributed by atoms with Crippen LogP contribution in [0.2, 0.25) is 0 Å². The van der Waals surface area contributed by atoms with E-state index in [4.69, 9.17) is 4.74 Å². The number of fused-ring (bicyclic) bond motifs is 1. The van der Waals surface area contributed by atoms with Crippen LogP contribution in [0.15, 0.2) is 60.8 Å². The zero-order chi connectivity index (χ0) is 28.8. The van der Waals surface area contributed by atoms with Crippen LogP contribution in [0, 0.1) is 6.92 Å². The number of rotatable bonds is 7. The summed E-state index contributed by atoms with van der Waals surface area (Å²) in [5.41, 5.74) is 1.62. The monoisotopic (exact) mass is 572 g/mol. The van der Waals surface area contributed by atoms with Gasteiger partial charge in [-0.25, -0.2) is 22.9 Å². The number of alkyl halides is 3. The van der Waals surface area contributed by atoms with Crippen LogP contribution in [0.4, 0.5) is 18.9 Å². The summed E-state index contributed by atoms with van der Waals surface area (Å²) in [6.45, 7) is 2.38. The Morgan fingerprint density at radius 3 is 2.60 bits per heavy atom. The third kappa shape index (κ3) is 5.24. The summed E-state index contributed by atoms with van der Waals surface area (Å²) in [6, 6.07) is 15.2. The standard InChI is InChI=1S/C27H23F3N4O5S/c1-16-6-9-23(39-15-17-7-8-22-18(13-17)10-11-33(22)40(2,37)38)19(12-16)21-4-3-5-24(32-21)34-25(27(28,29)30)20(14-31-34)26(35)36/h3-9,12-14H,10-11,15H2,1-2H3,(H,35,36). The van der Waals surface area contributed by atoms with Crippen molar-refractivity contribution >= 4 is 21.7 Å². The van der Waals surface area contributed by atoms with Crippen molar-refractivity contribution in [2.24, 2.45) is 0 Å². The number of carboxylic acid groups (broad SMARTS) is 1. The maximum Gasteiger partial charge on any atom is 0.434 e. The average molecular weight is 573 g/mol. The summed E-state index contributed by atoms with van der Waals surface area (Å²) in [6.07, 6.45) is -2.58. The van der Waals surface area contributed by atoms with Gasteiger partial charge in [0.25, 0.3) is 0 Å². The highest BCUT2D eigenvalue weighted by atomic mass is 32.2. The first-order valence-electron chi connectivity index (χ1n) is 12.0. The van der Waals surface area contributed by atoms with Gasteiger partial charge in [0.05, 0.1) is 23.8 Å². The number of benzene rings is 2. The predicted molar refractivity (Wildman–Crippen MR) is 140 cm³/mol. The van der Waals surface area contributed by atoms with E-state index in [1.807, 2.05) is 19.1 Å². The van der Waals surface area contributed by atoms with Gasteiger partial charge >= 0.3 is 12.1 Å². The molecule has 0 spiro atoms. The SMILES string of the molecule is Cc1ccc(OCc2ccc3c(c2)CCN3S(C)(=O)=O)c(-c2cccc(-n3ncc(C(=O)O)c3C(F)(F)F)n2)c1. The minimum Gasteiger partial charge on any atom is -0.488 e. The van der Waals surface area contributed by atoms with Crippen molar-refractivity contribution in [3.05, 3.63) is 88.7 Å². The second-order valence-corrected chi connectivity index (χ2v) is 11.2. The Kier molecular flexibility index (Phi) is 6.78. The highest BCUT2D eigenvalue weighted by Crippen LogP contribution is 2.36. The zero-order valence-corrected chi connectivity index (χ0v) is 22.1. The Hall–Kier alpha value is -4.39. The average Bonchev–Trinajstić information content (AvgIpc) is 3.53. The van der Waals surface area contributed by atoms with Crippen LogP contribution >= 0.6 is 0 Å². The number of halogens is 3. The van der Waals surface area contributed by atoms with Gasteiger partial charge in [0, 0.05) is 12.1 Å². The lowest BCUT2D eigenvalue weighted by Gasteiger charge is -2.17. The van der Waals surface area contributed by atoms with Crippen LogP contribution in [0.1, 0.15) is 32.7 Å². The second kappa shape index (κ2) is 9.97. The number of ether oxygens (including phenoxy) is 1. The van der Waals surface area contributed by atoms with Gasteiger partial charge in [-0.2, -0.15) is 18.3 Å². The molecule has 208 valence electrons. The molecule has 0 saturated heterocycles. The highest BCUT2D eigenvalue weighted by Gasteiger charge is 2.41. The van der Waals surface area contributed by atoms with Gasteiger partial charge in [0.15, 0.2) is 11.5 Å². The third-order valence-electron chi connectivity index (χ3n) is 6.42. The first-order chi connectivity index (χ1) is 18.8. The molecule has 2 aromatic carbocycles. The minimum atomic E-state index is -4.98. The molecule has 0 amide bonds. The predicted octanol–water partition coefficient (Wildman–Crippen LogP) is 4.86. The molecule has 1 aliphatic rings. The fraction of sp³-hybridized carbons (Fsp3) is 0.222. The normalized spacial score (nSPS) is 13.4. The molecule has 0 saturated carbocycles. The molecule has 0 fully saturated rings. The van der Waals surface area contributed by atoms with E-state index in [9.17, 15) is 31.5 Å². The topological polar surface area (TPSA) is 115 Å². The molecule has 5 rings (SSSR count). The molecule has 0 unspecified atom stereocenters. The summed E-state index contributed by atoms with van der Waals surface area (Å²) >= 11 is 0. The van der Waals surface area contributed by atoms with Crippen LogP contribution in [0.3, 0.4) is 0 Å². The molecular weight excluding hydrogens is 549 g/mol. The zero-order valence-electron chi connectivity index (χ0n) is 21.3. The highest BCUT2D eigenvalue weighted by molar-refractivity contribution is 7.92. The van der Waals surface area contributed by atoms with E-state index in [1.54, 1.807) is 30.3 Å². The Labute approximate surface area is 227 Å². The first-order valence-corrected chi connectivity index (χ1v) is 13.9. The number of hydrogen-bond donors (Lipinski definition) is 1. The van der Waals surface area contributed by atoms with Crippen LogP contribution < -0.4 is 9.04 Å². The molecular formula is C27H23F3N4O5S. The summed E-state index contributed by atoms with van der Waals surface area (Å²) in [5, 5.41) is 12.9. The lowest BCUT2D eigenvalue weighted by molar-refractivity contribution is -0.143. The summed E-state index contributed by atoms with van der Waals surface area (Å²) < 4.78 is 73.2. The van der Waals surface area contributed by atoms with Gasteiger partial charge in [-0.1, -0.05) is 29.8 Å². The lowest BCUT2D eigenvalue weighted by Crippen LogP contribution is -2.27. The van der Waals surface area contributed by atoms with Crippen molar-refractivity contribution in [3.8, 4) is 22.8 Å². The number of anilines is 1. The molecule has 0 aliphatic carbocycles. The molecule has 2 aromatic heterocycles. The van der Waals surface area contributed by atoms with Gasteiger partial charge < -0.3 is 9.84 Å². The molecule has 4 aromatic rings. The van der Waals surface area contributed by atoms with Crippen molar-refractivity contribution in [1.82, 2.24) is 14.8 Å². The van der Waals surface area contributed by atoms with Gasteiger partial charge in [-0.05, 0) is 54.8 Å². The second-order valence-electron chi connectivity index (χ2n) is 9.34. The molecule has 0 atom stereocenters. The molecule has 9 nitrogen and oxygen atoms in total. The fourth-order valence-corrected chi connectivity index (χ4v) is 5.59. The molecule has 1 N–H and O–H groups in total. The summed E-state index contributed by atoms with van der Waals surface area (Å²) in [7, 11) is -3.36. The van der Waals surface area contributed by atoms with Gasteiger partial charge in [-0.15, -0.1) is 0 Å². The maximum atomic E-state index is 13.7. The number of pyridine rings is 1. The Bertz CT molecular complexity index is 1730. The summed E-state index contributed by atoms with van der Waals surface area (Å²) in [5.74, 6) is -1.53. The number of carboxylic acids is 1. The Balaban J connectivity index is 1.46. The van der Waals surface area contributed by atoms with E-state index in [0.29, 0.717) is 46.5 Å². The number of sulfonamides is 1. The molecule has 40 heavy (non-hydrogen) atoms. The maximum absolute atomic E-state index is 13.7. The minimum absolute atomic E-state index is 0.154. The molecule has 3 heterocycles. The van der Waals surface area contributed by atoms with E-state index in [2.05, 4.69) is 10.1 Å². The smallest absolute Gasteiger partial charge is 0.434 e. The number of aryl methyl sites for hydroxylation is 1. The molecule has 0 bridgehead atoms. The molecule has 1 aliphatic heterocycles. The van der Waals surface area contributed by atoms with E-state index >= 15 is 0 Å². The number of nitrogens with zero attached hydrogens (tertiary/aromatic N) is 4. The first kappa shape index (κ1) is 27.2. The Morgan fingerprint density at radius 1 is 1.12 bits per heavy atom. The quantitative estimate of drug-likeness (QED) is 0.336.